The Morgan fingerprint density at radius 2 is 1.76 bits per heavy atom. The molecule has 1 amide bonds. The first-order chi connectivity index (χ1) is 15.8. The van der Waals surface area contributed by atoms with Gasteiger partial charge in [-0.3, -0.25) is 14.5 Å². The van der Waals surface area contributed by atoms with Gasteiger partial charge in [-0.05, 0) is 54.1 Å². The Labute approximate surface area is 201 Å². The van der Waals surface area contributed by atoms with Crippen molar-refractivity contribution in [2.24, 2.45) is 0 Å². The molecule has 0 bridgehead atoms. The average molecular weight is 525 g/mol. The summed E-state index contributed by atoms with van der Waals surface area (Å²) in [5.41, 5.74) is 1.29. The number of hydrogen-bond donors (Lipinski definition) is 2. The summed E-state index contributed by atoms with van der Waals surface area (Å²) in [6, 6.07) is 19.0. The molecule has 1 aliphatic heterocycles. The third-order valence-electron chi connectivity index (χ3n) is 5.48. The number of amides is 1. The number of nitrogens with zero attached hydrogens (tertiary/aromatic N) is 1. The van der Waals surface area contributed by atoms with Gasteiger partial charge in [0.05, 0.1) is 16.6 Å². The van der Waals surface area contributed by atoms with Crippen LogP contribution >= 0.6 is 27.5 Å². The summed E-state index contributed by atoms with van der Waals surface area (Å²) >= 11 is 9.52. The molecule has 1 aliphatic rings. The first-order valence-corrected chi connectivity index (χ1v) is 11.1. The molecule has 2 N–H and O–H groups in total. The molecule has 2 heterocycles. The van der Waals surface area contributed by atoms with Crippen molar-refractivity contribution in [2.75, 3.05) is 4.90 Å². The summed E-state index contributed by atoms with van der Waals surface area (Å²) in [5.74, 6) is -2.17. The van der Waals surface area contributed by atoms with Gasteiger partial charge in [0, 0.05) is 15.5 Å². The predicted molar refractivity (Wildman–Crippen MR) is 128 cm³/mol. The fourth-order valence-corrected chi connectivity index (χ4v) is 4.53. The minimum absolute atomic E-state index is 0.0118. The molecule has 5 rings (SSSR count). The third kappa shape index (κ3) is 3.59. The van der Waals surface area contributed by atoms with E-state index in [1.54, 1.807) is 60.7 Å². The van der Waals surface area contributed by atoms with Crippen LogP contribution in [0.4, 0.5) is 5.69 Å². The van der Waals surface area contributed by atoms with Gasteiger partial charge in [-0.25, -0.2) is 0 Å². The van der Waals surface area contributed by atoms with Gasteiger partial charge in [0.2, 0.25) is 5.78 Å². The van der Waals surface area contributed by atoms with E-state index < -0.39 is 23.5 Å². The molecule has 8 heteroatoms. The Morgan fingerprint density at radius 1 is 1.00 bits per heavy atom. The summed E-state index contributed by atoms with van der Waals surface area (Å²) < 4.78 is 6.56. The molecule has 0 aliphatic carbocycles. The van der Waals surface area contributed by atoms with Crippen molar-refractivity contribution in [2.45, 2.75) is 6.04 Å². The second kappa shape index (κ2) is 8.10. The van der Waals surface area contributed by atoms with E-state index in [0.717, 1.165) is 4.47 Å². The number of rotatable bonds is 4. The smallest absolute Gasteiger partial charge is 0.294 e. The number of carbonyl (C=O) groups is 2. The van der Waals surface area contributed by atoms with Crippen LogP contribution < -0.4 is 4.90 Å². The predicted octanol–water partition coefficient (Wildman–Crippen LogP) is 6.34. The number of phenolic OH excluding ortho intramolecular Hbond substituents is 1. The van der Waals surface area contributed by atoms with Gasteiger partial charge < -0.3 is 14.6 Å². The highest BCUT2D eigenvalue weighted by Crippen LogP contribution is 2.43. The van der Waals surface area contributed by atoms with Crippen molar-refractivity contribution >= 4 is 55.9 Å². The molecule has 0 fully saturated rings. The second-order valence-electron chi connectivity index (χ2n) is 7.51. The molecule has 164 valence electrons. The maximum absolute atomic E-state index is 13.6. The molecule has 1 aromatic heterocycles. The number of furan rings is 1. The number of aliphatic hydroxyl groups is 1. The molecular formula is C25H15BrClNO5. The van der Waals surface area contributed by atoms with E-state index in [4.69, 9.17) is 16.0 Å². The number of hydrogen-bond acceptors (Lipinski definition) is 5. The second-order valence-corrected chi connectivity index (χ2v) is 8.83. The molecule has 1 atom stereocenters. The molecule has 4 aromatic rings. The zero-order valence-corrected chi connectivity index (χ0v) is 19.2. The highest BCUT2D eigenvalue weighted by molar-refractivity contribution is 9.10. The zero-order valence-electron chi connectivity index (χ0n) is 16.8. The van der Waals surface area contributed by atoms with Crippen molar-refractivity contribution in [3.05, 3.63) is 105 Å². The molecule has 6 nitrogen and oxygen atoms in total. The molecular weight excluding hydrogens is 510 g/mol. The van der Waals surface area contributed by atoms with Gasteiger partial charge >= 0.3 is 0 Å². The van der Waals surface area contributed by atoms with Gasteiger partial charge in [-0.1, -0.05) is 51.8 Å². The molecule has 33 heavy (non-hydrogen) atoms. The Kier molecular flexibility index (Phi) is 5.23. The minimum Gasteiger partial charge on any atom is -0.506 e. The lowest BCUT2D eigenvalue weighted by molar-refractivity contribution is -0.117. The van der Waals surface area contributed by atoms with E-state index in [1.807, 2.05) is 0 Å². The number of aromatic hydroxyl groups is 1. The Bertz CT molecular complexity index is 1460. The lowest BCUT2D eigenvalue weighted by Gasteiger charge is -2.27. The number of Topliss-reactive ketones (excluding diaryl/α,β-unsaturated/α-hetero) is 1. The Morgan fingerprint density at radius 3 is 2.48 bits per heavy atom. The molecule has 0 radical (unpaired) electrons. The number of benzene rings is 3. The zero-order chi connectivity index (χ0) is 23.3. The van der Waals surface area contributed by atoms with Gasteiger partial charge in [0.1, 0.15) is 11.3 Å². The maximum atomic E-state index is 13.6. The van der Waals surface area contributed by atoms with E-state index in [0.29, 0.717) is 22.2 Å². The molecule has 1 unspecified atom stereocenters. The number of halogens is 2. The fourth-order valence-electron chi connectivity index (χ4n) is 3.96. The van der Waals surface area contributed by atoms with Crippen LogP contribution in [-0.2, 0) is 4.79 Å². The first-order valence-electron chi connectivity index (χ1n) is 9.89. The maximum Gasteiger partial charge on any atom is 0.294 e. The highest BCUT2D eigenvalue weighted by atomic mass is 79.9. The van der Waals surface area contributed by atoms with E-state index in [-0.39, 0.29) is 22.1 Å². The fraction of sp³-hybridized carbons (Fsp3) is 0.0400. The molecule has 0 saturated heterocycles. The number of aliphatic hydroxyl groups excluding tert-OH is 1. The number of fused-ring (bicyclic) bond motifs is 1. The van der Waals surface area contributed by atoms with Crippen LogP contribution in [0.15, 0.2) is 93.0 Å². The Hall–Kier alpha value is -3.55. The summed E-state index contributed by atoms with van der Waals surface area (Å²) in [6.07, 6.45) is 0. The largest absolute Gasteiger partial charge is 0.506 e. The minimum atomic E-state index is -0.981. The number of carbonyl (C=O) groups excluding carboxylic acids is 2. The van der Waals surface area contributed by atoms with Gasteiger partial charge in [-0.2, -0.15) is 0 Å². The van der Waals surface area contributed by atoms with Crippen molar-refractivity contribution in [3.8, 4) is 5.75 Å². The van der Waals surface area contributed by atoms with Crippen LogP contribution in [0.25, 0.3) is 11.0 Å². The van der Waals surface area contributed by atoms with Crippen molar-refractivity contribution in [3.63, 3.8) is 0 Å². The quantitative estimate of drug-likeness (QED) is 0.304. The monoisotopic (exact) mass is 523 g/mol. The average Bonchev–Trinajstić information content (AvgIpc) is 3.34. The van der Waals surface area contributed by atoms with Crippen LogP contribution in [0.5, 0.6) is 5.75 Å². The molecule has 0 spiro atoms. The number of para-hydroxylation sites is 1. The van der Waals surface area contributed by atoms with Crippen LogP contribution in [0.1, 0.15) is 22.2 Å². The number of anilines is 1. The summed E-state index contributed by atoms with van der Waals surface area (Å²) in [5, 5.41) is 21.5. The standard InChI is InChI=1S/C25H15BrClNO5/c26-15-7-9-19-14(10-15)12-20(33-19)23(30)21-22(13-6-8-18(29)17(27)11-13)28(25(32)24(21)31)16-4-2-1-3-5-16/h1-12,22,29,31H. The number of ketones is 1. The summed E-state index contributed by atoms with van der Waals surface area (Å²) in [7, 11) is 0. The highest BCUT2D eigenvalue weighted by Gasteiger charge is 2.45. The van der Waals surface area contributed by atoms with Crippen molar-refractivity contribution in [1.29, 1.82) is 0 Å². The SMILES string of the molecule is O=C(C1=C(O)C(=O)N(c2ccccc2)C1c1ccc(O)c(Cl)c1)c1cc2cc(Br)ccc2o1. The van der Waals surface area contributed by atoms with Crippen LogP contribution in [-0.4, -0.2) is 21.9 Å². The normalized spacial score (nSPS) is 16.1. The Balaban J connectivity index is 1.67. The summed E-state index contributed by atoms with van der Waals surface area (Å²) in [4.78, 5) is 28.1. The number of phenols is 1. The summed E-state index contributed by atoms with van der Waals surface area (Å²) in [6.45, 7) is 0. The lowest BCUT2D eigenvalue weighted by atomic mass is 9.94. The topological polar surface area (TPSA) is 91.0 Å². The van der Waals surface area contributed by atoms with E-state index >= 15 is 0 Å². The third-order valence-corrected chi connectivity index (χ3v) is 6.27. The molecule has 3 aromatic carbocycles. The van der Waals surface area contributed by atoms with Crippen LogP contribution in [0, 0.1) is 0 Å². The van der Waals surface area contributed by atoms with Crippen LogP contribution in [0.3, 0.4) is 0 Å². The van der Waals surface area contributed by atoms with Crippen molar-refractivity contribution in [1.82, 2.24) is 0 Å². The van der Waals surface area contributed by atoms with Crippen LogP contribution in [0.2, 0.25) is 5.02 Å². The van der Waals surface area contributed by atoms with Crippen molar-refractivity contribution < 1.29 is 24.2 Å². The van der Waals surface area contributed by atoms with E-state index in [2.05, 4.69) is 15.9 Å². The first kappa shape index (κ1) is 21.3. The van der Waals surface area contributed by atoms with Gasteiger partial charge in [-0.15, -0.1) is 0 Å². The van der Waals surface area contributed by atoms with Gasteiger partial charge in [0.25, 0.3) is 5.91 Å². The van der Waals surface area contributed by atoms with Gasteiger partial charge in [0.15, 0.2) is 11.5 Å². The molecule has 0 saturated carbocycles. The van der Waals surface area contributed by atoms with E-state index in [9.17, 15) is 19.8 Å². The van der Waals surface area contributed by atoms with E-state index in [1.165, 1.54) is 17.0 Å². The lowest BCUT2D eigenvalue weighted by Crippen LogP contribution is -2.31.